The molecule has 4 atom stereocenters. The van der Waals surface area contributed by atoms with E-state index in [4.69, 9.17) is 0 Å². The molecule has 0 aromatic heterocycles. The maximum Gasteiger partial charge on any atom is 0.228 e. The highest BCUT2D eigenvalue weighted by Gasteiger charge is 2.44. The minimum Gasteiger partial charge on any atom is -0.339 e. The first kappa shape index (κ1) is 22.2. The zero-order chi connectivity index (χ0) is 22.3. The molecule has 2 amide bonds. The van der Waals surface area contributed by atoms with Crippen LogP contribution in [0.5, 0.6) is 0 Å². The van der Waals surface area contributed by atoms with Gasteiger partial charge in [0.15, 0.2) is 0 Å². The van der Waals surface area contributed by atoms with Crippen LogP contribution >= 0.6 is 0 Å². The van der Waals surface area contributed by atoms with Gasteiger partial charge in [0.2, 0.25) is 11.8 Å². The lowest BCUT2D eigenvalue weighted by molar-refractivity contribution is -0.151. The summed E-state index contributed by atoms with van der Waals surface area (Å²) in [5, 5.41) is 12.8. The van der Waals surface area contributed by atoms with Crippen LogP contribution in [0.15, 0.2) is 0 Å². The average molecular weight is 441 g/mol. The first-order valence-corrected chi connectivity index (χ1v) is 13.2. The number of fused-ring (bicyclic) bond motifs is 1. The molecule has 2 aliphatic heterocycles. The molecule has 0 aromatic rings. The largest absolute Gasteiger partial charge is 0.339 e. The van der Waals surface area contributed by atoms with E-state index in [-0.39, 0.29) is 17.4 Å². The van der Waals surface area contributed by atoms with Crippen LogP contribution in [0.3, 0.4) is 0 Å². The summed E-state index contributed by atoms with van der Waals surface area (Å²) in [7, 11) is 0. The molecule has 6 heteroatoms. The predicted octanol–water partition coefficient (Wildman–Crippen LogP) is 3.32. The number of piperazine rings is 1. The SMILES string of the molecule is CC1(C(=O)N2CCN(C(=O)C3CCC(C4CCC5NC(C#N)CC5C4)CC3)CC2)CCC1. The van der Waals surface area contributed by atoms with Crippen molar-refractivity contribution in [2.45, 2.75) is 89.6 Å². The van der Waals surface area contributed by atoms with Gasteiger partial charge in [-0.15, -0.1) is 0 Å². The summed E-state index contributed by atoms with van der Waals surface area (Å²) >= 11 is 0. The fourth-order valence-electron chi connectivity index (χ4n) is 7.46. The van der Waals surface area contributed by atoms with Gasteiger partial charge in [0.05, 0.1) is 12.1 Å². The van der Waals surface area contributed by atoms with E-state index in [0.717, 1.165) is 43.9 Å². The van der Waals surface area contributed by atoms with Crippen LogP contribution < -0.4 is 5.32 Å². The lowest BCUT2D eigenvalue weighted by atomic mass is 9.67. The van der Waals surface area contributed by atoms with Crippen LogP contribution in [0, 0.1) is 40.4 Å². The van der Waals surface area contributed by atoms with Crippen LogP contribution in [0.25, 0.3) is 0 Å². The van der Waals surface area contributed by atoms with Gasteiger partial charge in [-0.3, -0.25) is 14.9 Å². The third-order valence-electron chi connectivity index (χ3n) is 9.77. The number of carbonyl (C=O) groups is 2. The molecule has 5 rings (SSSR count). The van der Waals surface area contributed by atoms with E-state index >= 15 is 0 Å². The van der Waals surface area contributed by atoms with Crippen LogP contribution in [0.4, 0.5) is 0 Å². The van der Waals surface area contributed by atoms with Crippen LogP contribution in [0.2, 0.25) is 0 Å². The molecule has 0 spiro atoms. The Morgan fingerprint density at radius 1 is 0.875 bits per heavy atom. The Morgan fingerprint density at radius 2 is 1.53 bits per heavy atom. The normalized spacial score (nSPS) is 39.0. The van der Waals surface area contributed by atoms with E-state index in [9.17, 15) is 14.9 Å². The third kappa shape index (κ3) is 4.18. The Balaban J connectivity index is 1.06. The van der Waals surface area contributed by atoms with Gasteiger partial charge in [-0.2, -0.15) is 5.26 Å². The number of amides is 2. The maximum absolute atomic E-state index is 13.2. The van der Waals surface area contributed by atoms with Crippen LogP contribution in [-0.4, -0.2) is 59.9 Å². The maximum atomic E-state index is 13.2. The van der Waals surface area contributed by atoms with Crippen molar-refractivity contribution in [3.63, 3.8) is 0 Å². The zero-order valence-corrected chi connectivity index (χ0v) is 19.7. The summed E-state index contributed by atoms with van der Waals surface area (Å²) in [6.07, 6.45) is 12.4. The molecule has 2 heterocycles. The highest BCUT2D eigenvalue weighted by atomic mass is 16.2. The molecule has 5 aliphatic rings. The Kier molecular flexibility index (Phi) is 6.22. The van der Waals surface area contributed by atoms with E-state index in [1.165, 1.54) is 38.5 Å². The van der Waals surface area contributed by atoms with Crippen LogP contribution in [0.1, 0.15) is 77.6 Å². The summed E-state index contributed by atoms with van der Waals surface area (Å²) in [4.78, 5) is 30.0. The standard InChI is InChI=1S/C26H40N4O2/c1-26(9-2-10-26)25(32)30-13-11-29(12-14-30)24(31)19-5-3-18(4-6-19)20-7-8-23-21(15-20)16-22(17-27)28-23/h18-23,28H,2-16H2,1H3. The molecule has 3 aliphatic carbocycles. The summed E-state index contributed by atoms with van der Waals surface area (Å²) in [6.45, 7) is 4.93. The first-order valence-electron chi connectivity index (χ1n) is 13.2. The molecule has 6 nitrogen and oxygen atoms in total. The number of nitrogens with one attached hydrogen (secondary N) is 1. The van der Waals surface area contributed by atoms with Gasteiger partial charge < -0.3 is 9.80 Å². The first-order chi connectivity index (χ1) is 15.5. The van der Waals surface area contributed by atoms with E-state index in [1.807, 2.05) is 9.80 Å². The zero-order valence-electron chi connectivity index (χ0n) is 19.7. The monoisotopic (exact) mass is 440 g/mol. The lowest BCUT2D eigenvalue weighted by Gasteiger charge is -2.44. The van der Waals surface area contributed by atoms with Gasteiger partial charge in [0.25, 0.3) is 0 Å². The second kappa shape index (κ2) is 8.97. The molecule has 0 bridgehead atoms. The van der Waals surface area contributed by atoms with Crippen molar-refractivity contribution < 1.29 is 9.59 Å². The molecule has 1 N–H and O–H groups in total. The molecule has 32 heavy (non-hydrogen) atoms. The summed E-state index contributed by atoms with van der Waals surface area (Å²) in [5.41, 5.74) is -0.131. The van der Waals surface area contributed by atoms with Gasteiger partial charge in [0, 0.05) is 43.6 Å². The molecule has 5 fully saturated rings. The van der Waals surface area contributed by atoms with Crippen molar-refractivity contribution in [1.29, 1.82) is 5.26 Å². The Labute approximate surface area is 193 Å². The second-order valence-electron chi connectivity index (χ2n) is 11.7. The average Bonchev–Trinajstić information content (AvgIpc) is 3.24. The highest BCUT2D eigenvalue weighted by molar-refractivity contribution is 5.84. The van der Waals surface area contributed by atoms with Crippen molar-refractivity contribution in [2.24, 2.45) is 29.1 Å². The van der Waals surface area contributed by atoms with E-state index in [1.54, 1.807) is 0 Å². The van der Waals surface area contributed by atoms with Gasteiger partial charge >= 0.3 is 0 Å². The number of hydrogen-bond acceptors (Lipinski definition) is 4. The van der Waals surface area contributed by atoms with Crippen molar-refractivity contribution in [2.75, 3.05) is 26.2 Å². The minimum atomic E-state index is -0.131. The number of nitriles is 1. The van der Waals surface area contributed by atoms with Crippen LogP contribution in [-0.2, 0) is 9.59 Å². The predicted molar refractivity (Wildman–Crippen MR) is 122 cm³/mol. The van der Waals surface area contributed by atoms with E-state index in [2.05, 4.69) is 18.3 Å². The number of rotatable bonds is 3. The Hall–Kier alpha value is -1.61. The summed E-state index contributed by atoms with van der Waals surface area (Å²) < 4.78 is 0. The van der Waals surface area contributed by atoms with Crippen molar-refractivity contribution in [3.8, 4) is 6.07 Å². The fraction of sp³-hybridized carbons (Fsp3) is 0.885. The highest BCUT2D eigenvalue weighted by Crippen LogP contribution is 2.45. The molecule has 0 radical (unpaired) electrons. The molecule has 4 unspecified atom stereocenters. The lowest BCUT2D eigenvalue weighted by Crippen LogP contribution is -2.56. The molecular formula is C26H40N4O2. The van der Waals surface area contributed by atoms with Gasteiger partial charge in [0.1, 0.15) is 0 Å². The van der Waals surface area contributed by atoms with Gasteiger partial charge in [-0.05, 0) is 82.0 Å². The Bertz CT molecular complexity index is 756. The van der Waals surface area contributed by atoms with Crippen molar-refractivity contribution in [1.82, 2.24) is 15.1 Å². The third-order valence-corrected chi connectivity index (χ3v) is 9.77. The smallest absolute Gasteiger partial charge is 0.228 e. The molecule has 2 saturated heterocycles. The number of nitrogens with zero attached hydrogens (tertiary/aromatic N) is 3. The topological polar surface area (TPSA) is 76.4 Å². The quantitative estimate of drug-likeness (QED) is 0.730. The molecule has 3 saturated carbocycles. The van der Waals surface area contributed by atoms with E-state index in [0.29, 0.717) is 50.0 Å². The summed E-state index contributed by atoms with van der Waals surface area (Å²) in [6, 6.07) is 3.03. The summed E-state index contributed by atoms with van der Waals surface area (Å²) in [5.74, 6) is 3.06. The fourth-order valence-corrected chi connectivity index (χ4v) is 7.46. The molecule has 176 valence electrons. The van der Waals surface area contributed by atoms with Gasteiger partial charge in [-0.1, -0.05) is 13.3 Å². The van der Waals surface area contributed by atoms with Crippen molar-refractivity contribution in [3.05, 3.63) is 0 Å². The number of carbonyl (C=O) groups excluding carboxylic acids is 2. The van der Waals surface area contributed by atoms with Gasteiger partial charge in [-0.25, -0.2) is 0 Å². The Morgan fingerprint density at radius 3 is 2.16 bits per heavy atom. The minimum absolute atomic E-state index is 0.0597. The number of hydrogen-bond donors (Lipinski definition) is 1. The van der Waals surface area contributed by atoms with Crippen molar-refractivity contribution >= 4 is 11.8 Å². The molecule has 0 aromatic carbocycles. The van der Waals surface area contributed by atoms with E-state index < -0.39 is 0 Å². The second-order valence-corrected chi connectivity index (χ2v) is 11.7. The molecular weight excluding hydrogens is 400 g/mol.